The van der Waals surface area contributed by atoms with E-state index in [9.17, 15) is 19.0 Å². The average molecular weight is 566 g/mol. The van der Waals surface area contributed by atoms with Crippen molar-refractivity contribution in [3.63, 3.8) is 0 Å². The van der Waals surface area contributed by atoms with E-state index in [0.29, 0.717) is 6.42 Å². The third-order valence-electron chi connectivity index (χ3n) is 6.24. The van der Waals surface area contributed by atoms with E-state index >= 15 is 0 Å². The smallest absolute Gasteiger partial charge is 0.462 e. The van der Waals surface area contributed by atoms with Gasteiger partial charge < -0.3 is 20.1 Å². The van der Waals surface area contributed by atoms with Gasteiger partial charge in [0.15, 0.2) is 6.10 Å². The van der Waals surface area contributed by atoms with Crippen LogP contribution in [-0.4, -0.2) is 49.3 Å². The van der Waals surface area contributed by atoms with Crippen molar-refractivity contribution in [2.75, 3.05) is 26.4 Å². The number of phosphoric acid groups is 1. The molecule has 0 aromatic rings. The summed E-state index contributed by atoms with van der Waals surface area (Å²) in [4.78, 5) is 34.2. The van der Waals surface area contributed by atoms with Gasteiger partial charge in [-0.2, -0.15) is 0 Å². The molecule has 9 nitrogen and oxygen atoms in total. The molecule has 0 aromatic carbocycles. The Bertz CT molecular complexity index is 620. The maximum Gasteiger partial charge on any atom is 0.472 e. The molecule has 0 spiro atoms. The number of rotatable bonds is 28. The van der Waals surface area contributed by atoms with Crippen molar-refractivity contribution < 1.29 is 37.6 Å². The van der Waals surface area contributed by atoms with Crippen LogP contribution in [0.3, 0.4) is 0 Å². The van der Waals surface area contributed by atoms with E-state index in [-0.39, 0.29) is 32.6 Å². The average Bonchev–Trinajstić information content (AvgIpc) is 2.89. The number of hydrogen-bond acceptors (Lipinski definition) is 8. The number of carbonyl (C=O) groups is 2. The summed E-state index contributed by atoms with van der Waals surface area (Å²) in [6.45, 7) is 3.62. The topological polar surface area (TPSA) is 134 Å². The molecule has 226 valence electrons. The molecule has 0 saturated heterocycles. The lowest BCUT2D eigenvalue weighted by Crippen LogP contribution is -2.29. The van der Waals surface area contributed by atoms with E-state index in [0.717, 1.165) is 38.5 Å². The van der Waals surface area contributed by atoms with Crippen molar-refractivity contribution in [1.82, 2.24) is 0 Å². The van der Waals surface area contributed by atoms with E-state index in [1.54, 1.807) is 0 Å². The summed E-state index contributed by atoms with van der Waals surface area (Å²) in [6, 6.07) is 0. The molecule has 0 rings (SSSR count). The van der Waals surface area contributed by atoms with E-state index in [1.165, 1.54) is 64.2 Å². The normalized spacial score (nSPS) is 13.7. The van der Waals surface area contributed by atoms with Crippen LogP contribution in [0.25, 0.3) is 0 Å². The zero-order valence-corrected chi connectivity index (χ0v) is 25.1. The molecule has 0 fully saturated rings. The molecule has 0 aliphatic carbocycles. The summed E-state index contributed by atoms with van der Waals surface area (Å²) >= 11 is 0. The Labute approximate surface area is 231 Å². The van der Waals surface area contributed by atoms with Crippen LogP contribution in [0.15, 0.2) is 0 Å². The summed E-state index contributed by atoms with van der Waals surface area (Å²) in [5.41, 5.74) is 5.29. The Morgan fingerprint density at radius 1 is 0.684 bits per heavy atom. The maximum absolute atomic E-state index is 12.4. The van der Waals surface area contributed by atoms with Crippen LogP contribution in [-0.2, 0) is 32.7 Å². The van der Waals surface area contributed by atoms with Crippen LogP contribution in [0, 0.1) is 0 Å². The van der Waals surface area contributed by atoms with Crippen LogP contribution < -0.4 is 5.73 Å². The summed E-state index contributed by atoms with van der Waals surface area (Å²) in [5, 5.41) is 0. The summed E-state index contributed by atoms with van der Waals surface area (Å²) in [5.74, 6) is -0.837. The highest BCUT2D eigenvalue weighted by Gasteiger charge is 2.25. The Balaban J connectivity index is 4.31. The first-order valence-electron chi connectivity index (χ1n) is 15.0. The zero-order chi connectivity index (χ0) is 28.3. The first-order chi connectivity index (χ1) is 18.3. The minimum atomic E-state index is -4.34. The van der Waals surface area contributed by atoms with Crippen molar-refractivity contribution in [2.45, 2.75) is 142 Å². The minimum Gasteiger partial charge on any atom is -0.462 e. The van der Waals surface area contributed by atoms with Gasteiger partial charge in [0.25, 0.3) is 0 Å². The molecule has 0 aliphatic rings. The van der Waals surface area contributed by atoms with Gasteiger partial charge in [-0.05, 0) is 12.8 Å². The van der Waals surface area contributed by atoms with Gasteiger partial charge in [-0.25, -0.2) is 4.57 Å². The number of nitrogens with two attached hydrogens (primary N) is 1. The van der Waals surface area contributed by atoms with Gasteiger partial charge in [0.2, 0.25) is 0 Å². The maximum atomic E-state index is 12.4. The second-order valence-corrected chi connectivity index (χ2v) is 11.4. The molecule has 2 atom stereocenters. The number of phosphoric ester groups is 1. The van der Waals surface area contributed by atoms with Crippen LogP contribution >= 0.6 is 7.82 Å². The van der Waals surface area contributed by atoms with Crippen molar-refractivity contribution in [1.29, 1.82) is 0 Å². The van der Waals surface area contributed by atoms with E-state index in [1.807, 2.05) is 0 Å². The Morgan fingerprint density at radius 3 is 1.61 bits per heavy atom. The molecule has 2 unspecified atom stereocenters. The lowest BCUT2D eigenvalue weighted by Gasteiger charge is -2.19. The lowest BCUT2D eigenvalue weighted by molar-refractivity contribution is -0.161. The van der Waals surface area contributed by atoms with Crippen LogP contribution in [0.4, 0.5) is 0 Å². The van der Waals surface area contributed by atoms with E-state index in [4.69, 9.17) is 24.3 Å². The zero-order valence-electron chi connectivity index (χ0n) is 24.2. The molecule has 3 N–H and O–H groups in total. The van der Waals surface area contributed by atoms with Crippen molar-refractivity contribution in [3.05, 3.63) is 0 Å². The molecular weight excluding hydrogens is 509 g/mol. The monoisotopic (exact) mass is 565 g/mol. The van der Waals surface area contributed by atoms with Gasteiger partial charge in [-0.15, -0.1) is 0 Å². The Hall–Kier alpha value is -0.990. The van der Waals surface area contributed by atoms with E-state index < -0.39 is 32.5 Å². The number of unbranched alkanes of at least 4 members (excludes halogenated alkanes) is 15. The SMILES string of the molecule is CCCCCCCCCCCCCC(=O)OC(COC(=O)CCCCCCCC)COP(=O)(O)OCCN. The first-order valence-corrected chi connectivity index (χ1v) is 16.5. The predicted octanol–water partition coefficient (Wildman–Crippen LogP) is 6.99. The van der Waals surface area contributed by atoms with Crippen molar-refractivity contribution >= 4 is 19.8 Å². The molecule has 0 aromatic heterocycles. The highest BCUT2D eigenvalue weighted by atomic mass is 31.2. The standard InChI is InChI=1S/C28H56NO8P/c1-3-5-7-9-11-12-13-14-15-17-19-21-28(31)37-26(25-36-38(32,33)35-23-22-29)24-34-27(30)20-18-16-10-8-6-4-2/h26H,3-25,29H2,1-2H3,(H,32,33). The number of ether oxygens (including phenoxy) is 2. The molecule has 10 heteroatoms. The highest BCUT2D eigenvalue weighted by molar-refractivity contribution is 7.47. The molecule has 0 saturated carbocycles. The number of carbonyl (C=O) groups excluding carboxylic acids is 2. The predicted molar refractivity (Wildman–Crippen MR) is 151 cm³/mol. The molecule has 0 aliphatic heterocycles. The fourth-order valence-corrected chi connectivity index (χ4v) is 4.75. The summed E-state index contributed by atoms with van der Waals surface area (Å²) < 4.78 is 32.3. The van der Waals surface area contributed by atoms with Gasteiger partial charge in [0.05, 0.1) is 13.2 Å². The Kier molecular flexibility index (Phi) is 25.6. The fraction of sp³-hybridized carbons (Fsp3) is 0.929. The molecule has 0 radical (unpaired) electrons. The highest BCUT2D eigenvalue weighted by Crippen LogP contribution is 2.43. The summed E-state index contributed by atoms with van der Waals surface area (Å²) in [6.07, 6.45) is 18.8. The van der Waals surface area contributed by atoms with Crippen LogP contribution in [0.1, 0.15) is 136 Å². The van der Waals surface area contributed by atoms with Gasteiger partial charge in [-0.1, -0.05) is 110 Å². The minimum absolute atomic E-state index is 0.0569. The third-order valence-corrected chi connectivity index (χ3v) is 7.23. The molecule has 0 heterocycles. The fourth-order valence-electron chi connectivity index (χ4n) is 3.98. The number of hydrogen-bond donors (Lipinski definition) is 2. The molecular formula is C28H56NO8P. The van der Waals surface area contributed by atoms with Gasteiger partial charge in [0.1, 0.15) is 6.61 Å². The van der Waals surface area contributed by atoms with Crippen molar-refractivity contribution in [3.8, 4) is 0 Å². The van der Waals surface area contributed by atoms with Crippen LogP contribution in [0.5, 0.6) is 0 Å². The molecule has 0 bridgehead atoms. The van der Waals surface area contributed by atoms with Crippen LogP contribution in [0.2, 0.25) is 0 Å². The Morgan fingerprint density at radius 2 is 1.13 bits per heavy atom. The molecule has 0 amide bonds. The second kappa shape index (κ2) is 26.2. The molecule has 38 heavy (non-hydrogen) atoms. The van der Waals surface area contributed by atoms with Gasteiger partial charge >= 0.3 is 19.8 Å². The second-order valence-electron chi connectivity index (χ2n) is 9.98. The first kappa shape index (κ1) is 37.0. The summed E-state index contributed by atoms with van der Waals surface area (Å²) in [7, 11) is -4.34. The quantitative estimate of drug-likeness (QED) is 0.0585. The van der Waals surface area contributed by atoms with Gasteiger partial charge in [-0.3, -0.25) is 18.6 Å². The number of esters is 2. The van der Waals surface area contributed by atoms with E-state index in [2.05, 4.69) is 13.8 Å². The lowest BCUT2D eigenvalue weighted by atomic mass is 10.1. The largest absolute Gasteiger partial charge is 0.472 e. The third kappa shape index (κ3) is 25.3. The van der Waals surface area contributed by atoms with Crippen molar-refractivity contribution in [2.24, 2.45) is 5.73 Å². The van der Waals surface area contributed by atoms with Gasteiger partial charge in [0, 0.05) is 19.4 Å².